The molecule has 7 nitrogen and oxygen atoms in total. The zero-order valence-electron chi connectivity index (χ0n) is 16.4. The molecule has 0 unspecified atom stereocenters. The number of nitrogens with zero attached hydrogens (tertiary/aromatic N) is 2. The van der Waals surface area contributed by atoms with Crippen molar-refractivity contribution < 1.29 is 14.3 Å². The van der Waals surface area contributed by atoms with E-state index < -0.39 is 0 Å². The molecule has 8 heteroatoms. The second kappa shape index (κ2) is 9.20. The first-order valence-electron chi connectivity index (χ1n) is 8.91. The quantitative estimate of drug-likeness (QED) is 0.621. The highest BCUT2D eigenvalue weighted by Crippen LogP contribution is 2.19. The van der Waals surface area contributed by atoms with Gasteiger partial charge in [-0.25, -0.2) is 4.98 Å². The number of benzene rings is 2. The van der Waals surface area contributed by atoms with Crippen LogP contribution in [0.3, 0.4) is 0 Å². The number of methoxy groups -OCH3 is 1. The van der Waals surface area contributed by atoms with Gasteiger partial charge in [0.25, 0.3) is 5.91 Å². The molecule has 29 heavy (non-hydrogen) atoms. The first kappa shape index (κ1) is 20.3. The number of nitrogens with one attached hydrogen (secondary N) is 2. The minimum atomic E-state index is -0.265. The fourth-order valence-corrected chi connectivity index (χ4v) is 3.28. The maximum atomic E-state index is 12.3. The van der Waals surface area contributed by atoms with Crippen LogP contribution >= 0.6 is 11.3 Å². The van der Waals surface area contributed by atoms with E-state index in [1.54, 1.807) is 36.8 Å². The summed E-state index contributed by atoms with van der Waals surface area (Å²) in [5, 5.41) is 7.81. The molecule has 2 amide bonds. The van der Waals surface area contributed by atoms with Crippen LogP contribution in [-0.2, 0) is 11.2 Å². The summed E-state index contributed by atoms with van der Waals surface area (Å²) in [6.07, 6.45) is 0.129. The smallest absolute Gasteiger partial charge is 0.257 e. The van der Waals surface area contributed by atoms with Gasteiger partial charge >= 0.3 is 0 Å². The van der Waals surface area contributed by atoms with Crippen LogP contribution in [-0.4, -0.2) is 38.0 Å². The summed E-state index contributed by atoms with van der Waals surface area (Å²) in [7, 11) is 5.49. The first-order valence-corrected chi connectivity index (χ1v) is 9.79. The summed E-state index contributed by atoms with van der Waals surface area (Å²) < 4.78 is 5.08. The van der Waals surface area contributed by atoms with Crippen molar-refractivity contribution in [3.63, 3.8) is 0 Å². The third kappa shape index (κ3) is 5.55. The molecule has 3 rings (SSSR count). The Morgan fingerprint density at radius 1 is 1.03 bits per heavy atom. The lowest BCUT2D eigenvalue weighted by atomic mass is 10.2. The normalized spacial score (nSPS) is 10.3. The van der Waals surface area contributed by atoms with Crippen molar-refractivity contribution in [2.75, 3.05) is 36.7 Å². The van der Waals surface area contributed by atoms with Gasteiger partial charge < -0.3 is 15.0 Å². The molecule has 3 aromatic rings. The molecule has 0 aliphatic rings. The van der Waals surface area contributed by atoms with Gasteiger partial charge in [-0.2, -0.15) is 0 Å². The van der Waals surface area contributed by atoms with Crippen LogP contribution in [0.4, 0.5) is 16.5 Å². The molecule has 0 aliphatic carbocycles. The van der Waals surface area contributed by atoms with E-state index in [4.69, 9.17) is 4.74 Å². The Morgan fingerprint density at radius 3 is 2.34 bits per heavy atom. The molecule has 1 aromatic heterocycles. The van der Waals surface area contributed by atoms with Crippen LogP contribution in [0.25, 0.3) is 0 Å². The fourth-order valence-electron chi connectivity index (χ4n) is 2.57. The molecule has 0 atom stereocenters. The van der Waals surface area contributed by atoms with Crippen molar-refractivity contribution >= 4 is 39.7 Å². The lowest BCUT2D eigenvalue weighted by molar-refractivity contribution is -0.115. The minimum Gasteiger partial charge on any atom is -0.497 e. The Kier molecular flexibility index (Phi) is 6.46. The van der Waals surface area contributed by atoms with Gasteiger partial charge in [0.05, 0.1) is 19.2 Å². The SMILES string of the molecule is COc1ccc(C(=O)Nc2nc(CC(=O)Nc3ccc(N(C)C)cc3)cs2)cc1. The van der Waals surface area contributed by atoms with Crippen molar-refractivity contribution in [2.45, 2.75) is 6.42 Å². The summed E-state index contributed by atoms with van der Waals surface area (Å²) >= 11 is 1.28. The van der Waals surface area contributed by atoms with E-state index >= 15 is 0 Å². The maximum Gasteiger partial charge on any atom is 0.257 e. The van der Waals surface area contributed by atoms with E-state index in [1.807, 2.05) is 43.3 Å². The predicted octanol–water partition coefficient (Wildman–Crippen LogP) is 3.65. The summed E-state index contributed by atoms with van der Waals surface area (Å²) in [6.45, 7) is 0. The molecule has 0 radical (unpaired) electrons. The number of ether oxygens (including phenoxy) is 1. The summed E-state index contributed by atoms with van der Waals surface area (Å²) in [4.78, 5) is 30.9. The lowest BCUT2D eigenvalue weighted by Crippen LogP contribution is -2.15. The van der Waals surface area contributed by atoms with Crippen molar-refractivity contribution in [2.24, 2.45) is 0 Å². The minimum absolute atomic E-state index is 0.129. The highest BCUT2D eigenvalue weighted by atomic mass is 32.1. The van der Waals surface area contributed by atoms with Gasteiger partial charge in [-0.1, -0.05) is 0 Å². The molecular formula is C21H22N4O3S. The Morgan fingerprint density at radius 2 is 1.72 bits per heavy atom. The largest absolute Gasteiger partial charge is 0.497 e. The van der Waals surface area contributed by atoms with E-state index in [0.717, 1.165) is 11.4 Å². The zero-order valence-corrected chi connectivity index (χ0v) is 17.2. The average molecular weight is 410 g/mol. The lowest BCUT2D eigenvalue weighted by Gasteiger charge is -2.12. The number of thiazole rings is 1. The number of carbonyl (C=O) groups excluding carboxylic acids is 2. The first-order chi connectivity index (χ1) is 13.9. The van der Waals surface area contributed by atoms with E-state index in [0.29, 0.717) is 22.1 Å². The molecule has 0 saturated carbocycles. The van der Waals surface area contributed by atoms with Gasteiger partial charge in [0.1, 0.15) is 5.75 Å². The Hall–Kier alpha value is -3.39. The van der Waals surface area contributed by atoms with E-state index in [-0.39, 0.29) is 18.2 Å². The van der Waals surface area contributed by atoms with Gasteiger partial charge in [-0.15, -0.1) is 11.3 Å². The number of amides is 2. The van der Waals surface area contributed by atoms with Gasteiger partial charge in [0.15, 0.2) is 5.13 Å². The molecular weight excluding hydrogens is 388 g/mol. The molecule has 1 heterocycles. The van der Waals surface area contributed by atoms with Crippen LogP contribution in [0.2, 0.25) is 0 Å². The summed E-state index contributed by atoms with van der Waals surface area (Å²) in [5.41, 5.74) is 2.88. The number of hydrogen-bond acceptors (Lipinski definition) is 6. The number of carbonyl (C=O) groups is 2. The van der Waals surface area contributed by atoms with Crippen molar-refractivity contribution in [1.82, 2.24) is 4.98 Å². The van der Waals surface area contributed by atoms with Crippen molar-refractivity contribution in [1.29, 1.82) is 0 Å². The maximum absolute atomic E-state index is 12.3. The van der Waals surface area contributed by atoms with E-state index in [1.165, 1.54) is 11.3 Å². The standard InChI is InChI=1S/C21H22N4O3S/c1-25(2)17-8-6-15(7-9-17)22-19(26)12-16-13-29-21(23-16)24-20(27)14-4-10-18(28-3)11-5-14/h4-11,13H,12H2,1-3H3,(H,22,26)(H,23,24,27). The average Bonchev–Trinajstić information content (AvgIpc) is 3.14. The topological polar surface area (TPSA) is 83.6 Å². The fraction of sp³-hybridized carbons (Fsp3) is 0.190. The van der Waals surface area contributed by atoms with Crippen LogP contribution in [0, 0.1) is 0 Å². The highest BCUT2D eigenvalue weighted by Gasteiger charge is 2.12. The second-order valence-electron chi connectivity index (χ2n) is 6.49. The summed E-state index contributed by atoms with van der Waals surface area (Å²) in [6, 6.07) is 14.4. The van der Waals surface area contributed by atoms with Crippen LogP contribution in [0.15, 0.2) is 53.9 Å². The van der Waals surface area contributed by atoms with Crippen LogP contribution in [0.5, 0.6) is 5.75 Å². The number of anilines is 3. The van der Waals surface area contributed by atoms with Gasteiger partial charge in [0, 0.05) is 36.4 Å². The number of aromatic nitrogens is 1. The highest BCUT2D eigenvalue weighted by molar-refractivity contribution is 7.14. The molecule has 0 aliphatic heterocycles. The van der Waals surface area contributed by atoms with Crippen LogP contribution in [0.1, 0.15) is 16.1 Å². The van der Waals surface area contributed by atoms with Crippen LogP contribution < -0.4 is 20.3 Å². The summed E-state index contributed by atoms with van der Waals surface area (Å²) in [5.74, 6) is 0.250. The Balaban J connectivity index is 1.55. The zero-order chi connectivity index (χ0) is 20.8. The van der Waals surface area contributed by atoms with Gasteiger partial charge in [-0.05, 0) is 48.5 Å². The van der Waals surface area contributed by atoms with E-state index in [9.17, 15) is 9.59 Å². The molecule has 0 bridgehead atoms. The molecule has 0 spiro atoms. The van der Waals surface area contributed by atoms with Crippen molar-refractivity contribution in [3.05, 3.63) is 65.2 Å². The molecule has 2 aromatic carbocycles. The van der Waals surface area contributed by atoms with Gasteiger partial charge in [0.2, 0.25) is 5.91 Å². The second-order valence-corrected chi connectivity index (χ2v) is 7.35. The Bertz CT molecular complexity index is 982. The predicted molar refractivity (Wildman–Crippen MR) is 116 cm³/mol. The molecule has 150 valence electrons. The Labute approximate surface area is 173 Å². The van der Waals surface area contributed by atoms with Crippen molar-refractivity contribution in [3.8, 4) is 5.75 Å². The third-order valence-corrected chi connectivity index (χ3v) is 4.94. The van der Waals surface area contributed by atoms with E-state index in [2.05, 4.69) is 15.6 Å². The van der Waals surface area contributed by atoms with Gasteiger partial charge in [-0.3, -0.25) is 14.9 Å². The third-order valence-electron chi connectivity index (χ3n) is 4.13. The monoisotopic (exact) mass is 410 g/mol. The number of hydrogen-bond donors (Lipinski definition) is 2. The molecule has 0 fully saturated rings. The molecule has 0 saturated heterocycles. The number of rotatable bonds is 7. The molecule has 2 N–H and O–H groups in total.